The summed E-state index contributed by atoms with van der Waals surface area (Å²) in [7, 11) is -1.55. The number of sulfone groups is 1. The quantitative estimate of drug-likeness (QED) is 0.621. The van der Waals surface area contributed by atoms with Gasteiger partial charge in [-0.1, -0.05) is 12.1 Å². The first-order valence-corrected chi connectivity index (χ1v) is 7.05. The molecule has 0 aliphatic heterocycles. The first kappa shape index (κ1) is 14.2. The maximum absolute atomic E-state index is 11.9. The fourth-order valence-corrected chi connectivity index (χ4v) is 2.43. The Hall–Kier alpha value is -0.910. The molecule has 96 valence electrons. The van der Waals surface area contributed by atoms with Gasteiger partial charge in [-0.15, -0.1) is 0 Å². The standard InChI is InChI=1S/C12H19NO3S/c1-10(2)17(14,15)12-6-4-11(5-7-12)8-13-9-16-3/h4-7,10,13H,8-9H2,1-3H3. The molecular formula is C12H19NO3S. The van der Waals surface area contributed by atoms with Crippen molar-refractivity contribution in [3.05, 3.63) is 29.8 Å². The van der Waals surface area contributed by atoms with E-state index in [1.54, 1.807) is 33.1 Å². The highest BCUT2D eigenvalue weighted by molar-refractivity contribution is 7.92. The van der Waals surface area contributed by atoms with Gasteiger partial charge in [-0.25, -0.2) is 8.42 Å². The van der Waals surface area contributed by atoms with Crippen LogP contribution in [-0.4, -0.2) is 27.5 Å². The molecule has 1 aromatic carbocycles. The number of rotatable bonds is 6. The molecule has 0 spiro atoms. The van der Waals surface area contributed by atoms with Gasteiger partial charge in [0.15, 0.2) is 9.84 Å². The second kappa shape index (κ2) is 6.14. The van der Waals surface area contributed by atoms with Crippen LogP contribution in [0.2, 0.25) is 0 Å². The number of hydrogen-bond donors (Lipinski definition) is 1. The van der Waals surface area contributed by atoms with E-state index >= 15 is 0 Å². The van der Waals surface area contributed by atoms with E-state index in [9.17, 15) is 8.42 Å². The maximum atomic E-state index is 11.9. The molecule has 0 aliphatic carbocycles. The molecule has 1 rings (SSSR count). The van der Waals surface area contributed by atoms with Gasteiger partial charge in [0.2, 0.25) is 0 Å². The molecule has 0 atom stereocenters. The van der Waals surface area contributed by atoms with Gasteiger partial charge in [0.1, 0.15) is 0 Å². The lowest BCUT2D eigenvalue weighted by Crippen LogP contribution is -2.16. The lowest BCUT2D eigenvalue weighted by Gasteiger charge is -2.09. The van der Waals surface area contributed by atoms with E-state index in [4.69, 9.17) is 4.74 Å². The van der Waals surface area contributed by atoms with Gasteiger partial charge in [-0.2, -0.15) is 0 Å². The third-order valence-electron chi connectivity index (χ3n) is 2.45. The maximum Gasteiger partial charge on any atom is 0.180 e. The summed E-state index contributed by atoms with van der Waals surface area (Å²) in [4.78, 5) is 0.378. The Morgan fingerprint density at radius 1 is 1.24 bits per heavy atom. The molecule has 1 aromatic rings. The summed E-state index contributed by atoms with van der Waals surface area (Å²) in [6.45, 7) is 4.51. The summed E-state index contributed by atoms with van der Waals surface area (Å²) < 4.78 is 28.6. The fraction of sp³-hybridized carbons (Fsp3) is 0.500. The highest BCUT2D eigenvalue weighted by atomic mass is 32.2. The monoisotopic (exact) mass is 257 g/mol. The number of methoxy groups -OCH3 is 1. The van der Waals surface area contributed by atoms with E-state index in [0.717, 1.165) is 5.56 Å². The van der Waals surface area contributed by atoms with Crippen molar-refractivity contribution in [2.45, 2.75) is 30.5 Å². The van der Waals surface area contributed by atoms with Crippen molar-refractivity contribution < 1.29 is 13.2 Å². The van der Waals surface area contributed by atoms with Gasteiger partial charge in [-0.3, -0.25) is 5.32 Å². The Kier molecular flexibility index (Phi) is 5.11. The van der Waals surface area contributed by atoms with E-state index in [2.05, 4.69) is 5.32 Å². The summed E-state index contributed by atoms with van der Waals surface area (Å²) in [6.07, 6.45) is 0. The number of nitrogens with one attached hydrogen (secondary N) is 1. The first-order valence-electron chi connectivity index (χ1n) is 5.51. The topological polar surface area (TPSA) is 55.4 Å². The fourth-order valence-electron chi connectivity index (χ4n) is 1.37. The van der Waals surface area contributed by atoms with E-state index in [0.29, 0.717) is 18.2 Å². The molecule has 0 unspecified atom stereocenters. The highest BCUT2D eigenvalue weighted by Crippen LogP contribution is 2.16. The van der Waals surface area contributed by atoms with Crippen LogP contribution in [0.5, 0.6) is 0 Å². The highest BCUT2D eigenvalue weighted by Gasteiger charge is 2.18. The molecule has 0 aromatic heterocycles. The van der Waals surface area contributed by atoms with Crippen molar-refractivity contribution in [1.29, 1.82) is 0 Å². The van der Waals surface area contributed by atoms with Crippen LogP contribution >= 0.6 is 0 Å². The van der Waals surface area contributed by atoms with Crippen LogP contribution in [0, 0.1) is 0 Å². The van der Waals surface area contributed by atoms with Crippen LogP contribution in [0.1, 0.15) is 19.4 Å². The van der Waals surface area contributed by atoms with Gasteiger partial charge in [0, 0.05) is 13.7 Å². The first-order chi connectivity index (χ1) is 7.98. The van der Waals surface area contributed by atoms with Crippen molar-refractivity contribution >= 4 is 9.84 Å². The summed E-state index contributed by atoms with van der Waals surface area (Å²) in [5.74, 6) is 0. The minimum absolute atomic E-state index is 0.378. The molecule has 0 fully saturated rings. The van der Waals surface area contributed by atoms with Crippen LogP contribution in [0.3, 0.4) is 0 Å². The molecule has 0 radical (unpaired) electrons. The minimum Gasteiger partial charge on any atom is -0.370 e. The van der Waals surface area contributed by atoms with Gasteiger partial charge < -0.3 is 4.74 Å². The lowest BCUT2D eigenvalue weighted by molar-refractivity contribution is 0.174. The van der Waals surface area contributed by atoms with Crippen LogP contribution < -0.4 is 5.32 Å². The van der Waals surface area contributed by atoms with Crippen molar-refractivity contribution in [3.8, 4) is 0 Å². The normalized spacial score (nSPS) is 12.0. The zero-order chi connectivity index (χ0) is 12.9. The number of ether oxygens (including phenoxy) is 1. The SMILES string of the molecule is COCNCc1ccc(S(=O)(=O)C(C)C)cc1. The van der Waals surface area contributed by atoms with Crippen molar-refractivity contribution in [2.24, 2.45) is 0 Å². The molecular weight excluding hydrogens is 238 g/mol. The van der Waals surface area contributed by atoms with Crippen LogP contribution in [0.15, 0.2) is 29.2 Å². The second-order valence-corrected chi connectivity index (χ2v) is 6.60. The largest absolute Gasteiger partial charge is 0.370 e. The minimum atomic E-state index is -3.16. The number of benzene rings is 1. The van der Waals surface area contributed by atoms with E-state index in [1.165, 1.54) is 0 Å². The Labute approximate surface area is 103 Å². The molecule has 17 heavy (non-hydrogen) atoms. The van der Waals surface area contributed by atoms with Crippen molar-refractivity contribution in [3.63, 3.8) is 0 Å². The van der Waals surface area contributed by atoms with Gasteiger partial charge in [0.05, 0.1) is 16.9 Å². The zero-order valence-corrected chi connectivity index (χ0v) is 11.3. The molecule has 0 saturated carbocycles. The van der Waals surface area contributed by atoms with Crippen molar-refractivity contribution in [2.75, 3.05) is 13.8 Å². The van der Waals surface area contributed by atoms with E-state index < -0.39 is 9.84 Å². The summed E-state index contributed by atoms with van der Waals surface area (Å²) in [6, 6.07) is 6.94. The average molecular weight is 257 g/mol. The molecule has 5 heteroatoms. The Balaban J connectivity index is 2.75. The smallest absolute Gasteiger partial charge is 0.180 e. The van der Waals surface area contributed by atoms with Gasteiger partial charge >= 0.3 is 0 Å². The Morgan fingerprint density at radius 3 is 2.29 bits per heavy atom. The van der Waals surface area contributed by atoms with E-state index in [1.807, 2.05) is 12.1 Å². The second-order valence-electron chi connectivity index (χ2n) is 4.10. The molecule has 0 bridgehead atoms. The Morgan fingerprint density at radius 2 is 1.82 bits per heavy atom. The molecule has 0 aliphatic rings. The zero-order valence-electron chi connectivity index (χ0n) is 10.4. The number of hydrogen-bond acceptors (Lipinski definition) is 4. The van der Waals surface area contributed by atoms with Crippen LogP contribution in [0.4, 0.5) is 0 Å². The molecule has 0 heterocycles. The Bertz CT molecular complexity index is 437. The molecule has 0 amide bonds. The van der Waals surface area contributed by atoms with E-state index in [-0.39, 0.29) is 5.25 Å². The predicted molar refractivity (Wildman–Crippen MR) is 67.5 cm³/mol. The average Bonchev–Trinajstić information content (AvgIpc) is 2.30. The summed E-state index contributed by atoms with van der Waals surface area (Å²) in [5, 5.41) is 2.67. The molecule has 0 saturated heterocycles. The molecule has 1 N–H and O–H groups in total. The molecule has 4 nitrogen and oxygen atoms in total. The third kappa shape index (κ3) is 3.80. The summed E-state index contributed by atoms with van der Waals surface area (Å²) >= 11 is 0. The van der Waals surface area contributed by atoms with Gasteiger partial charge in [-0.05, 0) is 31.5 Å². The summed E-state index contributed by atoms with van der Waals surface area (Å²) in [5.41, 5.74) is 1.03. The van der Waals surface area contributed by atoms with Crippen LogP contribution in [-0.2, 0) is 21.1 Å². The van der Waals surface area contributed by atoms with Crippen LogP contribution in [0.25, 0.3) is 0 Å². The predicted octanol–water partition coefficient (Wildman–Crippen LogP) is 1.56. The van der Waals surface area contributed by atoms with Crippen molar-refractivity contribution in [1.82, 2.24) is 5.32 Å². The lowest BCUT2D eigenvalue weighted by atomic mass is 10.2. The third-order valence-corrected chi connectivity index (χ3v) is 4.62. The van der Waals surface area contributed by atoms with Gasteiger partial charge in [0.25, 0.3) is 0 Å².